The van der Waals surface area contributed by atoms with Crippen LogP contribution in [0, 0.1) is 17.8 Å². The Bertz CT molecular complexity index is 185. The molecule has 2 heteroatoms. The predicted molar refractivity (Wildman–Crippen MR) is 69.3 cm³/mol. The molecule has 0 spiro atoms. The van der Waals surface area contributed by atoms with Crippen LogP contribution in [-0.2, 0) is 4.74 Å². The first-order valence-corrected chi connectivity index (χ1v) is 6.93. The smallest absolute Gasteiger partial charge is 0.0751 e. The molecule has 1 fully saturated rings. The van der Waals surface area contributed by atoms with Crippen LogP contribution in [0.2, 0.25) is 0 Å². The van der Waals surface area contributed by atoms with Gasteiger partial charge in [0.1, 0.15) is 0 Å². The number of hydrogen-bond donors (Lipinski definition) is 1. The molecule has 1 aliphatic carbocycles. The summed E-state index contributed by atoms with van der Waals surface area (Å²) < 4.78 is 5.82. The minimum atomic E-state index is 0.229. The number of ether oxygens (including phenoxy) is 1. The molecule has 1 aliphatic rings. The average Bonchev–Trinajstić information content (AvgIpc) is 2.25. The standard InChI is InChI=1S/C14H29NO/c1-5-16-14(10(2)3)13(15)12-8-6-11(4)7-9-12/h10-14H,5-9,15H2,1-4H3. The van der Waals surface area contributed by atoms with E-state index in [-0.39, 0.29) is 12.1 Å². The van der Waals surface area contributed by atoms with Crippen LogP contribution in [0.25, 0.3) is 0 Å². The third-order valence-corrected chi connectivity index (χ3v) is 4.00. The van der Waals surface area contributed by atoms with Gasteiger partial charge in [0.2, 0.25) is 0 Å². The molecule has 2 N–H and O–H groups in total. The van der Waals surface area contributed by atoms with Gasteiger partial charge >= 0.3 is 0 Å². The van der Waals surface area contributed by atoms with Gasteiger partial charge in [0.15, 0.2) is 0 Å². The largest absolute Gasteiger partial charge is 0.377 e. The van der Waals surface area contributed by atoms with Gasteiger partial charge in [0.25, 0.3) is 0 Å². The van der Waals surface area contributed by atoms with Crippen LogP contribution < -0.4 is 5.73 Å². The minimum Gasteiger partial charge on any atom is -0.377 e. The molecule has 0 heterocycles. The van der Waals surface area contributed by atoms with E-state index in [4.69, 9.17) is 10.5 Å². The van der Waals surface area contributed by atoms with Gasteiger partial charge in [-0.05, 0) is 37.5 Å². The topological polar surface area (TPSA) is 35.2 Å². The molecule has 0 amide bonds. The van der Waals surface area contributed by atoms with Crippen molar-refractivity contribution < 1.29 is 4.74 Å². The molecular formula is C14H29NO. The molecule has 16 heavy (non-hydrogen) atoms. The van der Waals surface area contributed by atoms with E-state index >= 15 is 0 Å². The lowest BCUT2D eigenvalue weighted by molar-refractivity contribution is -0.00717. The van der Waals surface area contributed by atoms with E-state index in [1.165, 1.54) is 25.7 Å². The highest BCUT2D eigenvalue weighted by molar-refractivity contribution is 4.85. The molecule has 0 aliphatic heterocycles. The predicted octanol–water partition coefficient (Wildman–Crippen LogP) is 3.20. The second kappa shape index (κ2) is 6.61. The third kappa shape index (κ3) is 3.74. The maximum Gasteiger partial charge on any atom is 0.0751 e. The minimum absolute atomic E-state index is 0.229. The third-order valence-electron chi connectivity index (χ3n) is 4.00. The molecule has 2 nitrogen and oxygen atoms in total. The van der Waals surface area contributed by atoms with E-state index in [0.717, 1.165) is 12.5 Å². The molecule has 0 aromatic heterocycles. The first-order valence-electron chi connectivity index (χ1n) is 6.93. The van der Waals surface area contributed by atoms with Crippen molar-refractivity contribution >= 4 is 0 Å². The summed E-state index contributed by atoms with van der Waals surface area (Å²) in [7, 11) is 0. The van der Waals surface area contributed by atoms with Crippen LogP contribution in [0.5, 0.6) is 0 Å². The van der Waals surface area contributed by atoms with Crippen molar-refractivity contribution in [1.29, 1.82) is 0 Å². The number of rotatable bonds is 5. The Hall–Kier alpha value is -0.0800. The molecule has 0 radical (unpaired) electrons. The van der Waals surface area contributed by atoms with Crippen LogP contribution in [0.4, 0.5) is 0 Å². The summed E-state index contributed by atoms with van der Waals surface area (Å²) in [5.41, 5.74) is 6.40. The Morgan fingerprint density at radius 2 is 1.75 bits per heavy atom. The van der Waals surface area contributed by atoms with Gasteiger partial charge in [-0.3, -0.25) is 0 Å². The van der Waals surface area contributed by atoms with Gasteiger partial charge in [-0.15, -0.1) is 0 Å². The van der Waals surface area contributed by atoms with Crippen LogP contribution in [0.3, 0.4) is 0 Å². The zero-order valence-corrected chi connectivity index (χ0v) is 11.4. The molecule has 2 unspecified atom stereocenters. The van der Waals surface area contributed by atoms with E-state index in [1.54, 1.807) is 0 Å². The quantitative estimate of drug-likeness (QED) is 0.783. The summed E-state index contributed by atoms with van der Waals surface area (Å²) >= 11 is 0. The van der Waals surface area contributed by atoms with Gasteiger partial charge in [0.05, 0.1) is 6.10 Å². The van der Waals surface area contributed by atoms with Crippen molar-refractivity contribution in [2.24, 2.45) is 23.5 Å². The fraction of sp³-hybridized carbons (Fsp3) is 1.00. The van der Waals surface area contributed by atoms with Crippen molar-refractivity contribution in [3.8, 4) is 0 Å². The summed E-state index contributed by atoms with van der Waals surface area (Å²) in [6, 6.07) is 0.229. The van der Waals surface area contributed by atoms with Crippen LogP contribution in [-0.4, -0.2) is 18.8 Å². The monoisotopic (exact) mass is 227 g/mol. The van der Waals surface area contributed by atoms with E-state index in [2.05, 4.69) is 27.7 Å². The lowest BCUT2D eigenvalue weighted by atomic mass is 9.76. The van der Waals surface area contributed by atoms with Crippen LogP contribution in [0.1, 0.15) is 53.4 Å². The van der Waals surface area contributed by atoms with Gasteiger partial charge in [0, 0.05) is 12.6 Å². The SMILES string of the molecule is CCOC(C(C)C)C(N)C1CCC(C)CC1. The van der Waals surface area contributed by atoms with Crippen molar-refractivity contribution in [3.05, 3.63) is 0 Å². The fourth-order valence-corrected chi connectivity index (χ4v) is 2.88. The molecule has 0 bridgehead atoms. The van der Waals surface area contributed by atoms with Crippen LogP contribution >= 0.6 is 0 Å². The molecule has 1 saturated carbocycles. The Labute approximate surface area is 101 Å². The van der Waals surface area contributed by atoms with E-state index in [9.17, 15) is 0 Å². The van der Waals surface area contributed by atoms with Crippen LogP contribution in [0.15, 0.2) is 0 Å². The highest BCUT2D eigenvalue weighted by Crippen LogP contribution is 2.32. The second-order valence-electron chi connectivity index (χ2n) is 5.76. The summed E-state index contributed by atoms with van der Waals surface area (Å²) in [5, 5.41) is 0. The maximum atomic E-state index is 6.40. The van der Waals surface area contributed by atoms with Crippen molar-refractivity contribution in [2.45, 2.75) is 65.5 Å². The number of hydrogen-bond acceptors (Lipinski definition) is 2. The van der Waals surface area contributed by atoms with Gasteiger partial charge in [-0.25, -0.2) is 0 Å². The molecule has 0 saturated heterocycles. The average molecular weight is 227 g/mol. The van der Waals surface area contributed by atoms with E-state index < -0.39 is 0 Å². The first-order chi connectivity index (χ1) is 7.56. The lowest BCUT2D eigenvalue weighted by Crippen LogP contribution is -2.46. The lowest BCUT2D eigenvalue weighted by Gasteiger charge is -2.36. The highest BCUT2D eigenvalue weighted by atomic mass is 16.5. The maximum absolute atomic E-state index is 6.40. The zero-order valence-electron chi connectivity index (χ0n) is 11.4. The van der Waals surface area contributed by atoms with Crippen molar-refractivity contribution in [1.82, 2.24) is 0 Å². The van der Waals surface area contributed by atoms with Gasteiger partial charge in [-0.2, -0.15) is 0 Å². The Balaban J connectivity index is 2.49. The normalized spacial score (nSPS) is 30.4. The van der Waals surface area contributed by atoms with Crippen molar-refractivity contribution in [2.75, 3.05) is 6.61 Å². The second-order valence-corrected chi connectivity index (χ2v) is 5.76. The molecule has 0 aromatic carbocycles. The van der Waals surface area contributed by atoms with Gasteiger partial charge in [-0.1, -0.05) is 33.6 Å². The summed E-state index contributed by atoms with van der Waals surface area (Å²) in [4.78, 5) is 0. The highest BCUT2D eigenvalue weighted by Gasteiger charge is 2.31. The molecular weight excluding hydrogens is 198 g/mol. The fourth-order valence-electron chi connectivity index (χ4n) is 2.88. The molecule has 96 valence electrons. The Kier molecular flexibility index (Phi) is 5.77. The first kappa shape index (κ1) is 14.0. The van der Waals surface area contributed by atoms with E-state index in [1.807, 2.05) is 0 Å². The zero-order chi connectivity index (χ0) is 12.1. The molecule has 0 aromatic rings. The molecule has 1 rings (SSSR count). The van der Waals surface area contributed by atoms with E-state index in [0.29, 0.717) is 11.8 Å². The summed E-state index contributed by atoms with van der Waals surface area (Å²) in [6.07, 6.45) is 5.51. The molecule has 2 atom stereocenters. The Morgan fingerprint density at radius 3 is 2.19 bits per heavy atom. The summed E-state index contributed by atoms with van der Waals surface area (Å²) in [5.74, 6) is 2.09. The number of nitrogens with two attached hydrogens (primary N) is 1. The summed E-state index contributed by atoms with van der Waals surface area (Å²) in [6.45, 7) is 9.62. The van der Waals surface area contributed by atoms with Gasteiger partial charge < -0.3 is 10.5 Å². The van der Waals surface area contributed by atoms with Crippen molar-refractivity contribution in [3.63, 3.8) is 0 Å². The Morgan fingerprint density at radius 1 is 1.19 bits per heavy atom.